The van der Waals surface area contributed by atoms with E-state index >= 15 is 0 Å². The van der Waals surface area contributed by atoms with Gasteiger partial charge in [-0.2, -0.15) is 0 Å². The predicted octanol–water partition coefficient (Wildman–Crippen LogP) is 2.94. The molecular formula is C13H28O3Si. The van der Waals surface area contributed by atoms with Crippen molar-refractivity contribution in [1.82, 2.24) is 0 Å². The third kappa shape index (κ3) is 5.08. The minimum atomic E-state index is -1.58. The smallest absolute Gasteiger partial charge is 0.191 e. The lowest BCUT2D eigenvalue weighted by Crippen LogP contribution is -2.40. The van der Waals surface area contributed by atoms with E-state index in [1.54, 1.807) is 0 Å². The monoisotopic (exact) mass is 260 g/mol. The average Bonchev–Trinajstić information content (AvgIpc) is 2.97. The molecule has 0 aliphatic carbocycles. The van der Waals surface area contributed by atoms with E-state index in [9.17, 15) is 5.11 Å². The van der Waals surface area contributed by atoms with Gasteiger partial charge in [0.25, 0.3) is 0 Å². The zero-order chi connectivity index (χ0) is 13.1. The number of hydrogen-bond donors (Lipinski definition) is 1. The quantitative estimate of drug-likeness (QED) is 0.435. The molecule has 0 unspecified atom stereocenters. The van der Waals surface area contributed by atoms with Gasteiger partial charge in [0.1, 0.15) is 6.10 Å². The molecule has 2 atom stereocenters. The van der Waals surface area contributed by atoms with Gasteiger partial charge in [0, 0.05) is 6.61 Å². The Morgan fingerprint density at radius 1 is 1.35 bits per heavy atom. The van der Waals surface area contributed by atoms with Crippen LogP contribution in [0.3, 0.4) is 0 Å². The Kier molecular flexibility index (Phi) is 5.19. The summed E-state index contributed by atoms with van der Waals surface area (Å²) in [5.74, 6) is 0. The van der Waals surface area contributed by atoms with Crippen LogP contribution in [0.1, 0.15) is 40.0 Å². The minimum absolute atomic E-state index is 0.122. The number of hydrogen-bond acceptors (Lipinski definition) is 3. The lowest BCUT2D eigenvalue weighted by atomic mass is 10.1. The number of aliphatic hydroxyl groups is 1. The van der Waals surface area contributed by atoms with Gasteiger partial charge >= 0.3 is 0 Å². The summed E-state index contributed by atoms with van der Waals surface area (Å²) in [5.41, 5.74) is 0. The molecule has 1 rings (SSSR count). The van der Waals surface area contributed by atoms with Gasteiger partial charge in [0.2, 0.25) is 0 Å². The summed E-state index contributed by atoms with van der Waals surface area (Å²) in [5, 5.41) is 9.91. The van der Waals surface area contributed by atoms with E-state index in [2.05, 4.69) is 33.9 Å². The fourth-order valence-electron chi connectivity index (χ4n) is 1.46. The summed E-state index contributed by atoms with van der Waals surface area (Å²) in [4.78, 5) is 0. The van der Waals surface area contributed by atoms with Crippen LogP contribution in [0.15, 0.2) is 0 Å². The van der Waals surface area contributed by atoms with Crippen molar-refractivity contribution in [2.75, 3.05) is 13.2 Å². The molecule has 0 bridgehead atoms. The fraction of sp³-hybridized carbons (Fsp3) is 1.00. The molecule has 0 aromatic rings. The zero-order valence-electron chi connectivity index (χ0n) is 12.0. The maximum absolute atomic E-state index is 9.62. The molecule has 0 saturated carbocycles. The SMILES string of the molecule is CC(C)(C)[Si](C)(C)OCCCC[C@H](O)[C@H]1CO1. The Balaban J connectivity index is 2.07. The second kappa shape index (κ2) is 5.82. The lowest BCUT2D eigenvalue weighted by Gasteiger charge is -2.36. The van der Waals surface area contributed by atoms with Crippen molar-refractivity contribution >= 4 is 8.32 Å². The van der Waals surface area contributed by atoms with E-state index < -0.39 is 8.32 Å². The Morgan fingerprint density at radius 2 is 1.94 bits per heavy atom. The molecule has 0 amide bonds. The Bertz CT molecular complexity index is 231. The Morgan fingerprint density at radius 3 is 2.41 bits per heavy atom. The molecule has 1 aliphatic heterocycles. The third-order valence-corrected chi connectivity index (χ3v) is 8.49. The summed E-state index contributed by atoms with van der Waals surface area (Å²) < 4.78 is 11.1. The highest BCUT2D eigenvalue weighted by Crippen LogP contribution is 2.36. The molecule has 1 aliphatic rings. The molecule has 0 aromatic carbocycles. The first kappa shape index (κ1) is 15.2. The largest absolute Gasteiger partial charge is 0.417 e. The molecule has 0 aromatic heterocycles. The van der Waals surface area contributed by atoms with Gasteiger partial charge in [-0.3, -0.25) is 0 Å². The molecule has 102 valence electrons. The van der Waals surface area contributed by atoms with Crippen LogP contribution in [0.2, 0.25) is 18.1 Å². The lowest BCUT2D eigenvalue weighted by molar-refractivity contribution is 0.121. The van der Waals surface area contributed by atoms with Gasteiger partial charge in [0.05, 0.1) is 12.7 Å². The van der Waals surface area contributed by atoms with Crippen LogP contribution in [0, 0.1) is 0 Å². The van der Waals surface area contributed by atoms with Crippen molar-refractivity contribution in [2.24, 2.45) is 0 Å². The topological polar surface area (TPSA) is 42.0 Å². The highest BCUT2D eigenvalue weighted by molar-refractivity contribution is 6.74. The summed E-state index contributed by atoms with van der Waals surface area (Å²) in [6.07, 6.45) is 2.76. The first-order chi connectivity index (χ1) is 7.74. The highest BCUT2D eigenvalue weighted by Gasteiger charge is 2.36. The van der Waals surface area contributed by atoms with E-state index in [0.29, 0.717) is 0 Å². The summed E-state index contributed by atoms with van der Waals surface area (Å²) >= 11 is 0. The summed E-state index contributed by atoms with van der Waals surface area (Å²) in [6.45, 7) is 12.9. The first-order valence-electron chi connectivity index (χ1n) is 6.68. The highest BCUT2D eigenvalue weighted by atomic mass is 28.4. The van der Waals surface area contributed by atoms with Crippen molar-refractivity contribution in [3.63, 3.8) is 0 Å². The van der Waals surface area contributed by atoms with Crippen LogP contribution in [0.25, 0.3) is 0 Å². The van der Waals surface area contributed by atoms with Gasteiger partial charge in [-0.05, 0) is 37.4 Å². The van der Waals surface area contributed by atoms with Crippen LogP contribution in [-0.4, -0.2) is 38.8 Å². The van der Waals surface area contributed by atoms with Gasteiger partial charge in [0.15, 0.2) is 8.32 Å². The molecule has 1 fully saturated rings. The van der Waals surface area contributed by atoms with Crippen molar-refractivity contribution in [2.45, 2.75) is 70.4 Å². The maximum atomic E-state index is 9.62. The van der Waals surface area contributed by atoms with E-state index in [0.717, 1.165) is 32.5 Å². The summed E-state index contributed by atoms with van der Waals surface area (Å²) in [6, 6.07) is 0. The van der Waals surface area contributed by atoms with E-state index in [1.165, 1.54) is 0 Å². The van der Waals surface area contributed by atoms with Gasteiger partial charge in [-0.25, -0.2) is 0 Å². The number of epoxide rings is 1. The fourth-order valence-corrected chi connectivity index (χ4v) is 2.55. The molecule has 1 saturated heterocycles. The Hall–Kier alpha value is 0.0969. The molecule has 0 radical (unpaired) electrons. The van der Waals surface area contributed by atoms with Crippen LogP contribution >= 0.6 is 0 Å². The van der Waals surface area contributed by atoms with E-state index in [-0.39, 0.29) is 17.2 Å². The van der Waals surface area contributed by atoms with Crippen LogP contribution in [-0.2, 0) is 9.16 Å². The van der Waals surface area contributed by atoms with Crippen molar-refractivity contribution in [3.8, 4) is 0 Å². The van der Waals surface area contributed by atoms with Crippen LogP contribution in [0.4, 0.5) is 0 Å². The van der Waals surface area contributed by atoms with E-state index in [1.807, 2.05) is 0 Å². The van der Waals surface area contributed by atoms with Crippen molar-refractivity contribution in [1.29, 1.82) is 0 Å². The van der Waals surface area contributed by atoms with Gasteiger partial charge in [-0.1, -0.05) is 20.8 Å². The number of aliphatic hydroxyl groups excluding tert-OH is 1. The molecule has 3 nitrogen and oxygen atoms in total. The molecule has 4 heteroatoms. The average molecular weight is 260 g/mol. The zero-order valence-corrected chi connectivity index (χ0v) is 13.0. The maximum Gasteiger partial charge on any atom is 0.191 e. The molecule has 1 N–H and O–H groups in total. The summed E-state index contributed by atoms with van der Waals surface area (Å²) in [7, 11) is -1.58. The number of unbranched alkanes of at least 4 members (excludes halogenated alkanes) is 1. The standard InChI is InChI=1S/C13H28O3Si/c1-13(2,3)17(4,5)16-9-7-6-8-11(14)12-10-15-12/h11-12,14H,6-10H2,1-5H3/t11-,12+/m0/s1. The van der Waals surface area contributed by atoms with Crippen molar-refractivity contribution < 1.29 is 14.3 Å². The van der Waals surface area contributed by atoms with E-state index in [4.69, 9.17) is 9.16 Å². The Labute approximate surface area is 107 Å². The molecule has 0 spiro atoms. The second-order valence-corrected chi connectivity index (χ2v) is 11.4. The minimum Gasteiger partial charge on any atom is -0.417 e. The van der Waals surface area contributed by atoms with Crippen LogP contribution < -0.4 is 0 Å². The molecule has 17 heavy (non-hydrogen) atoms. The third-order valence-electron chi connectivity index (χ3n) is 3.95. The normalized spacial score (nSPS) is 22.6. The molecular weight excluding hydrogens is 232 g/mol. The molecule has 1 heterocycles. The van der Waals surface area contributed by atoms with Gasteiger partial charge < -0.3 is 14.3 Å². The van der Waals surface area contributed by atoms with Gasteiger partial charge in [-0.15, -0.1) is 0 Å². The van der Waals surface area contributed by atoms with Crippen LogP contribution in [0.5, 0.6) is 0 Å². The number of ether oxygens (including phenoxy) is 1. The van der Waals surface area contributed by atoms with Crippen molar-refractivity contribution in [3.05, 3.63) is 0 Å². The first-order valence-corrected chi connectivity index (χ1v) is 9.58. The second-order valence-electron chi connectivity index (χ2n) is 6.54. The number of rotatable bonds is 7. The predicted molar refractivity (Wildman–Crippen MR) is 72.7 cm³/mol.